The van der Waals surface area contributed by atoms with E-state index in [0.717, 1.165) is 17.5 Å². The van der Waals surface area contributed by atoms with Gasteiger partial charge >= 0.3 is 0 Å². The van der Waals surface area contributed by atoms with Crippen molar-refractivity contribution < 1.29 is 9.59 Å². The summed E-state index contributed by atoms with van der Waals surface area (Å²) in [6, 6.07) is 17.8. The summed E-state index contributed by atoms with van der Waals surface area (Å²) in [6.45, 7) is 8.49. The van der Waals surface area contributed by atoms with Gasteiger partial charge in [-0.15, -0.1) is 0 Å². The molecule has 1 N–H and O–H groups in total. The lowest BCUT2D eigenvalue weighted by Gasteiger charge is -2.31. The van der Waals surface area contributed by atoms with Crippen molar-refractivity contribution in [2.75, 3.05) is 0 Å². The third kappa shape index (κ3) is 7.04. The quantitative estimate of drug-likeness (QED) is 0.638. The highest BCUT2D eigenvalue weighted by molar-refractivity contribution is 5.87. The molecule has 0 radical (unpaired) electrons. The maximum atomic E-state index is 13.2. The van der Waals surface area contributed by atoms with Crippen LogP contribution in [0.5, 0.6) is 0 Å². The van der Waals surface area contributed by atoms with Crippen molar-refractivity contribution in [3.05, 3.63) is 71.3 Å². The van der Waals surface area contributed by atoms with E-state index in [0.29, 0.717) is 25.8 Å². The molecule has 29 heavy (non-hydrogen) atoms. The number of rotatable bonds is 10. The third-order valence-corrected chi connectivity index (χ3v) is 5.33. The van der Waals surface area contributed by atoms with Gasteiger partial charge in [-0.1, -0.05) is 74.0 Å². The van der Waals surface area contributed by atoms with E-state index in [1.54, 1.807) is 4.90 Å². The van der Waals surface area contributed by atoms with Crippen molar-refractivity contribution in [3.63, 3.8) is 0 Å². The molecule has 2 atom stereocenters. The Kier molecular flexibility index (Phi) is 8.91. The zero-order chi connectivity index (χ0) is 21.2. The van der Waals surface area contributed by atoms with Crippen LogP contribution < -0.4 is 5.32 Å². The molecule has 0 unspecified atom stereocenters. The lowest BCUT2D eigenvalue weighted by Crippen LogP contribution is -2.50. The van der Waals surface area contributed by atoms with Gasteiger partial charge in [0.1, 0.15) is 6.04 Å². The summed E-state index contributed by atoms with van der Waals surface area (Å²) in [7, 11) is 0. The van der Waals surface area contributed by atoms with E-state index in [2.05, 4.69) is 5.32 Å². The van der Waals surface area contributed by atoms with Crippen LogP contribution in [0.2, 0.25) is 0 Å². The van der Waals surface area contributed by atoms with Crippen LogP contribution in [0.25, 0.3) is 0 Å². The molecule has 0 aromatic heterocycles. The predicted octanol–water partition coefficient (Wildman–Crippen LogP) is 4.65. The fourth-order valence-corrected chi connectivity index (χ4v) is 3.29. The van der Waals surface area contributed by atoms with Crippen molar-refractivity contribution in [2.45, 2.75) is 72.0 Å². The first kappa shape index (κ1) is 22.7. The molecule has 0 fully saturated rings. The summed E-state index contributed by atoms with van der Waals surface area (Å²) < 4.78 is 0. The minimum atomic E-state index is -0.464. The Labute approximate surface area is 175 Å². The maximum absolute atomic E-state index is 13.2. The van der Waals surface area contributed by atoms with E-state index in [1.165, 1.54) is 5.56 Å². The van der Waals surface area contributed by atoms with Crippen LogP contribution in [-0.4, -0.2) is 28.8 Å². The van der Waals surface area contributed by atoms with Crippen LogP contribution in [0.1, 0.15) is 56.7 Å². The Morgan fingerprint density at radius 2 is 1.59 bits per heavy atom. The lowest BCUT2D eigenvalue weighted by molar-refractivity contribution is -0.141. The standard InChI is InChI=1S/C25H34N2O2/c1-5-20(4)26-25(29)23(6-2)27(18-22-14-12-19(3)13-15-22)24(28)17-16-21-10-8-7-9-11-21/h7-15,20,23H,5-6,16-18H2,1-4H3,(H,26,29)/t20-,23+/m1/s1. The van der Waals surface area contributed by atoms with Gasteiger partial charge in [-0.2, -0.15) is 0 Å². The number of hydrogen-bond acceptors (Lipinski definition) is 2. The zero-order valence-corrected chi connectivity index (χ0v) is 18.2. The van der Waals surface area contributed by atoms with Gasteiger partial charge in [0, 0.05) is 19.0 Å². The normalized spacial score (nSPS) is 12.8. The number of nitrogens with zero attached hydrogens (tertiary/aromatic N) is 1. The van der Waals surface area contributed by atoms with Gasteiger partial charge in [-0.25, -0.2) is 0 Å². The van der Waals surface area contributed by atoms with Crippen molar-refractivity contribution in [1.29, 1.82) is 0 Å². The first-order valence-electron chi connectivity index (χ1n) is 10.6. The average Bonchev–Trinajstić information content (AvgIpc) is 2.73. The van der Waals surface area contributed by atoms with Gasteiger partial charge < -0.3 is 10.2 Å². The second kappa shape index (κ2) is 11.4. The van der Waals surface area contributed by atoms with E-state index in [4.69, 9.17) is 0 Å². The van der Waals surface area contributed by atoms with Crippen LogP contribution >= 0.6 is 0 Å². The molecule has 2 aromatic carbocycles. The van der Waals surface area contributed by atoms with Crippen LogP contribution in [-0.2, 0) is 22.6 Å². The van der Waals surface area contributed by atoms with Gasteiger partial charge in [0.25, 0.3) is 0 Å². The predicted molar refractivity (Wildman–Crippen MR) is 118 cm³/mol. The Morgan fingerprint density at radius 3 is 2.17 bits per heavy atom. The highest BCUT2D eigenvalue weighted by Crippen LogP contribution is 2.16. The molecule has 2 aromatic rings. The Morgan fingerprint density at radius 1 is 0.931 bits per heavy atom. The molecule has 0 heterocycles. The van der Waals surface area contributed by atoms with Crippen LogP contribution in [0.15, 0.2) is 54.6 Å². The van der Waals surface area contributed by atoms with Crippen molar-refractivity contribution in [3.8, 4) is 0 Å². The zero-order valence-electron chi connectivity index (χ0n) is 18.2. The molecule has 0 bridgehead atoms. The fraction of sp³-hybridized carbons (Fsp3) is 0.440. The average molecular weight is 395 g/mol. The van der Waals surface area contributed by atoms with Crippen LogP contribution in [0, 0.1) is 6.92 Å². The van der Waals surface area contributed by atoms with Gasteiger partial charge in [0.2, 0.25) is 11.8 Å². The molecule has 2 rings (SSSR count). The van der Waals surface area contributed by atoms with Crippen LogP contribution in [0.4, 0.5) is 0 Å². The largest absolute Gasteiger partial charge is 0.352 e. The molecule has 0 aliphatic carbocycles. The molecular weight excluding hydrogens is 360 g/mol. The lowest BCUT2D eigenvalue weighted by atomic mass is 10.1. The SMILES string of the molecule is CC[C@@H](C)NC(=O)[C@H](CC)N(Cc1ccc(C)cc1)C(=O)CCc1ccccc1. The molecule has 0 aliphatic heterocycles. The molecule has 0 spiro atoms. The molecule has 4 heteroatoms. The van der Waals surface area contributed by atoms with E-state index in [9.17, 15) is 9.59 Å². The monoisotopic (exact) mass is 394 g/mol. The first-order valence-corrected chi connectivity index (χ1v) is 10.6. The van der Waals surface area contributed by atoms with E-state index in [-0.39, 0.29) is 17.9 Å². The Hall–Kier alpha value is -2.62. The number of amides is 2. The molecule has 156 valence electrons. The van der Waals surface area contributed by atoms with Crippen molar-refractivity contribution in [2.24, 2.45) is 0 Å². The van der Waals surface area contributed by atoms with E-state index < -0.39 is 6.04 Å². The second-order valence-electron chi connectivity index (χ2n) is 7.73. The minimum absolute atomic E-state index is 0.0144. The third-order valence-electron chi connectivity index (χ3n) is 5.33. The summed E-state index contributed by atoms with van der Waals surface area (Å²) in [5, 5.41) is 3.05. The minimum Gasteiger partial charge on any atom is -0.352 e. The van der Waals surface area contributed by atoms with Gasteiger partial charge in [0.05, 0.1) is 0 Å². The summed E-state index contributed by atoms with van der Waals surface area (Å²) in [4.78, 5) is 27.9. The second-order valence-corrected chi connectivity index (χ2v) is 7.73. The highest BCUT2D eigenvalue weighted by atomic mass is 16.2. The molecule has 2 amide bonds. The molecular formula is C25H34N2O2. The van der Waals surface area contributed by atoms with Crippen molar-refractivity contribution >= 4 is 11.8 Å². The summed E-state index contributed by atoms with van der Waals surface area (Å²) in [5.41, 5.74) is 3.35. The molecule has 0 aliphatic rings. The summed E-state index contributed by atoms with van der Waals surface area (Å²) in [6.07, 6.45) is 2.52. The number of carbonyl (C=O) groups is 2. The first-order chi connectivity index (χ1) is 13.9. The smallest absolute Gasteiger partial charge is 0.243 e. The fourth-order valence-electron chi connectivity index (χ4n) is 3.29. The molecule has 4 nitrogen and oxygen atoms in total. The number of aryl methyl sites for hydroxylation is 2. The maximum Gasteiger partial charge on any atom is 0.243 e. The highest BCUT2D eigenvalue weighted by Gasteiger charge is 2.28. The number of nitrogens with one attached hydrogen (secondary N) is 1. The topological polar surface area (TPSA) is 49.4 Å². The molecule has 0 saturated heterocycles. The Bertz CT molecular complexity index is 771. The van der Waals surface area contributed by atoms with Gasteiger partial charge in [0.15, 0.2) is 0 Å². The van der Waals surface area contributed by atoms with Gasteiger partial charge in [-0.05, 0) is 44.2 Å². The number of carbonyl (C=O) groups excluding carboxylic acids is 2. The number of hydrogen-bond donors (Lipinski definition) is 1. The summed E-state index contributed by atoms with van der Waals surface area (Å²) >= 11 is 0. The summed E-state index contributed by atoms with van der Waals surface area (Å²) in [5.74, 6) is -0.0531. The van der Waals surface area contributed by atoms with Crippen LogP contribution in [0.3, 0.4) is 0 Å². The van der Waals surface area contributed by atoms with Crippen molar-refractivity contribution in [1.82, 2.24) is 10.2 Å². The Balaban J connectivity index is 2.19. The van der Waals surface area contributed by atoms with Gasteiger partial charge in [-0.3, -0.25) is 9.59 Å². The molecule has 0 saturated carbocycles. The van der Waals surface area contributed by atoms with E-state index in [1.807, 2.05) is 82.3 Å². The number of benzene rings is 2. The van der Waals surface area contributed by atoms with E-state index >= 15 is 0 Å².